The third-order valence-electron chi connectivity index (χ3n) is 6.04. The number of hydrazine groups is 1. The molecule has 34 heavy (non-hydrogen) atoms. The summed E-state index contributed by atoms with van der Waals surface area (Å²) in [6, 6.07) is 20.4. The highest BCUT2D eigenvalue weighted by Gasteiger charge is 2.21. The van der Waals surface area contributed by atoms with E-state index in [0.29, 0.717) is 6.54 Å². The summed E-state index contributed by atoms with van der Waals surface area (Å²) in [5, 5.41) is 16.1. The van der Waals surface area contributed by atoms with E-state index < -0.39 is 6.10 Å². The second-order valence-corrected chi connectivity index (χ2v) is 10.2. The third-order valence-corrected chi connectivity index (χ3v) is 7.31. The van der Waals surface area contributed by atoms with Crippen LogP contribution in [0.3, 0.4) is 0 Å². The van der Waals surface area contributed by atoms with Crippen LogP contribution in [0.4, 0.5) is 0 Å². The number of benzene rings is 3. The molecule has 0 radical (unpaired) electrons. The topological polar surface area (TPSA) is 60.9 Å². The lowest BCUT2D eigenvalue weighted by atomic mass is 10.0. The van der Waals surface area contributed by atoms with Crippen LogP contribution in [0.25, 0.3) is 21.0 Å². The highest BCUT2D eigenvalue weighted by molar-refractivity contribution is 7.80. The van der Waals surface area contributed by atoms with Gasteiger partial charge in [0.15, 0.2) is 0 Å². The van der Waals surface area contributed by atoms with Gasteiger partial charge in [-0.2, -0.15) is 0 Å². The zero-order valence-corrected chi connectivity index (χ0v) is 20.7. The maximum absolute atomic E-state index is 10.5. The van der Waals surface area contributed by atoms with Crippen LogP contribution in [-0.4, -0.2) is 70.4 Å². The molecule has 0 aliphatic carbocycles. The van der Waals surface area contributed by atoms with Crippen LogP contribution in [-0.2, 0) is 0 Å². The van der Waals surface area contributed by atoms with Gasteiger partial charge in [0.05, 0.1) is 15.2 Å². The SMILES string of the molecule is Cc1nc2cc(OC[C@H](O)CN3CCN(NC(=S)c4cccc5ccccc45)CC3)ccc2s1. The molecule has 1 atom stereocenters. The lowest BCUT2D eigenvalue weighted by Gasteiger charge is -2.36. The molecule has 0 amide bonds. The number of nitrogens with zero attached hydrogens (tertiary/aromatic N) is 3. The van der Waals surface area contributed by atoms with Gasteiger partial charge in [0, 0.05) is 44.4 Å². The number of aliphatic hydroxyl groups is 1. The minimum absolute atomic E-state index is 0.262. The molecule has 1 aromatic heterocycles. The molecule has 5 rings (SSSR count). The van der Waals surface area contributed by atoms with Gasteiger partial charge in [-0.25, -0.2) is 9.99 Å². The smallest absolute Gasteiger partial charge is 0.121 e. The van der Waals surface area contributed by atoms with Crippen LogP contribution in [0.5, 0.6) is 5.75 Å². The maximum Gasteiger partial charge on any atom is 0.121 e. The summed E-state index contributed by atoms with van der Waals surface area (Å²) >= 11 is 7.38. The summed E-state index contributed by atoms with van der Waals surface area (Å²) in [6.07, 6.45) is -0.552. The normalized spacial score (nSPS) is 16.1. The first-order chi connectivity index (χ1) is 16.5. The fraction of sp³-hybridized carbons (Fsp3) is 0.308. The Bertz CT molecular complexity index is 1300. The van der Waals surface area contributed by atoms with E-state index in [-0.39, 0.29) is 6.61 Å². The van der Waals surface area contributed by atoms with Crippen LogP contribution >= 0.6 is 23.6 Å². The zero-order chi connectivity index (χ0) is 23.5. The first kappa shape index (κ1) is 23.1. The number of aryl methyl sites for hydroxylation is 1. The van der Waals surface area contributed by atoms with Gasteiger partial charge in [0.1, 0.15) is 23.4 Å². The predicted molar refractivity (Wildman–Crippen MR) is 143 cm³/mol. The largest absolute Gasteiger partial charge is 0.491 e. The van der Waals surface area contributed by atoms with Gasteiger partial charge in [0.25, 0.3) is 0 Å². The van der Waals surface area contributed by atoms with Crippen LogP contribution in [0, 0.1) is 6.92 Å². The van der Waals surface area contributed by atoms with Crippen LogP contribution in [0.1, 0.15) is 10.6 Å². The monoisotopic (exact) mass is 492 g/mol. The molecule has 6 nitrogen and oxygen atoms in total. The number of piperazine rings is 1. The minimum atomic E-state index is -0.552. The summed E-state index contributed by atoms with van der Waals surface area (Å²) in [7, 11) is 0. The Labute approximate surface area is 208 Å². The standard InChI is InChI=1S/C26H28N4O2S2/c1-18-27-24-15-21(9-10-25(24)34-18)32-17-20(31)16-29-11-13-30(14-12-29)28-26(33)23-8-4-6-19-5-2-3-7-22(19)23/h2-10,15,20,31H,11-14,16-17H2,1H3,(H,28,33)/t20-/m1/s1. The molecule has 8 heteroatoms. The number of rotatable bonds is 7. The number of thiazole rings is 1. The molecular formula is C26H28N4O2S2. The van der Waals surface area contributed by atoms with Crippen molar-refractivity contribution in [3.8, 4) is 5.75 Å². The van der Waals surface area contributed by atoms with Gasteiger partial charge in [-0.15, -0.1) is 11.3 Å². The van der Waals surface area contributed by atoms with Gasteiger partial charge >= 0.3 is 0 Å². The van der Waals surface area contributed by atoms with Gasteiger partial charge in [-0.1, -0.05) is 54.7 Å². The highest BCUT2D eigenvalue weighted by Crippen LogP contribution is 2.25. The molecule has 3 aromatic carbocycles. The van der Waals surface area contributed by atoms with Gasteiger partial charge in [-0.05, 0) is 29.8 Å². The molecule has 1 fully saturated rings. The Morgan fingerprint density at radius 2 is 1.91 bits per heavy atom. The van der Waals surface area contributed by atoms with Crippen molar-refractivity contribution in [2.24, 2.45) is 0 Å². The molecule has 0 bridgehead atoms. The second kappa shape index (κ2) is 10.3. The Hall–Kier alpha value is -2.62. The Morgan fingerprint density at radius 1 is 1.12 bits per heavy atom. The first-order valence-electron chi connectivity index (χ1n) is 11.5. The average molecular weight is 493 g/mol. The van der Waals surface area contributed by atoms with E-state index in [9.17, 15) is 5.11 Å². The number of fused-ring (bicyclic) bond motifs is 2. The van der Waals surface area contributed by atoms with E-state index in [1.165, 1.54) is 5.39 Å². The van der Waals surface area contributed by atoms with Crippen LogP contribution in [0.15, 0.2) is 60.7 Å². The number of β-amino-alcohol motifs (C(OH)–C–C–N with tert-alkyl or cyclic N) is 1. The van der Waals surface area contributed by atoms with E-state index in [1.54, 1.807) is 11.3 Å². The molecule has 0 unspecified atom stereocenters. The van der Waals surface area contributed by atoms with Gasteiger partial charge in [0.2, 0.25) is 0 Å². The van der Waals surface area contributed by atoms with E-state index >= 15 is 0 Å². The Kier molecular flexibility index (Phi) is 7.03. The molecule has 1 saturated heterocycles. The van der Waals surface area contributed by atoms with Crippen molar-refractivity contribution in [2.75, 3.05) is 39.3 Å². The molecule has 1 aliphatic heterocycles. The van der Waals surface area contributed by atoms with Crippen molar-refractivity contribution in [3.05, 3.63) is 71.2 Å². The summed E-state index contributed by atoms with van der Waals surface area (Å²) in [6.45, 7) is 6.22. The van der Waals surface area contributed by atoms with Crippen molar-refractivity contribution in [1.29, 1.82) is 0 Å². The molecule has 1 aliphatic rings. The molecule has 0 spiro atoms. The highest BCUT2D eigenvalue weighted by atomic mass is 32.1. The Morgan fingerprint density at radius 3 is 2.76 bits per heavy atom. The van der Waals surface area contributed by atoms with Crippen LogP contribution < -0.4 is 10.2 Å². The molecule has 0 saturated carbocycles. The number of nitrogens with one attached hydrogen (secondary N) is 1. The van der Waals surface area contributed by atoms with Crippen molar-refractivity contribution in [3.63, 3.8) is 0 Å². The fourth-order valence-electron chi connectivity index (χ4n) is 4.32. The van der Waals surface area contributed by atoms with E-state index in [1.807, 2.05) is 43.3 Å². The Balaban J connectivity index is 1.08. The third kappa shape index (κ3) is 5.37. The maximum atomic E-state index is 10.5. The quantitative estimate of drug-likeness (QED) is 0.378. The minimum Gasteiger partial charge on any atom is -0.491 e. The molecule has 176 valence electrons. The number of aromatic nitrogens is 1. The summed E-state index contributed by atoms with van der Waals surface area (Å²) in [5.74, 6) is 0.743. The van der Waals surface area contributed by atoms with Crippen molar-refractivity contribution >= 4 is 49.5 Å². The number of hydrogen-bond donors (Lipinski definition) is 2. The molecule has 2 N–H and O–H groups in total. The number of ether oxygens (including phenoxy) is 1. The van der Waals surface area contributed by atoms with Gasteiger partial charge in [-0.3, -0.25) is 4.90 Å². The van der Waals surface area contributed by atoms with E-state index in [2.05, 4.69) is 44.6 Å². The molecule has 4 aromatic rings. The summed E-state index contributed by atoms with van der Waals surface area (Å²) in [4.78, 5) is 7.51. The number of hydrogen-bond acceptors (Lipinski definition) is 7. The lowest BCUT2D eigenvalue weighted by molar-refractivity contribution is 0.0408. The first-order valence-corrected chi connectivity index (χ1v) is 12.7. The van der Waals surface area contributed by atoms with Crippen molar-refractivity contribution in [1.82, 2.24) is 20.3 Å². The van der Waals surface area contributed by atoms with E-state index in [4.69, 9.17) is 17.0 Å². The average Bonchev–Trinajstić information content (AvgIpc) is 3.23. The summed E-state index contributed by atoms with van der Waals surface area (Å²) in [5.41, 5.74) is 5.40. The zero-order valence-electron chi connectivity index (χ0n) is 19.1. The molecule has 2 heterocycles. The van der Waals surface area contributed by atoms with Gasteiger partial charge < -0.3 is 15.3 Å². The lowest BCUT2D eigenvalue weighted by Crippen LogP contribution is -2.54. The molecular weight excluding hydrogens is 464 g/mol. The fourth-order valence-corrected chi connectivity index (χ4v) is 5.44. The van der Waals surface area contributed by atoms with Crippen LogP contribution in [0.2, 0.25) is 0 Å². The number of aliphatic hydroxyl groups excluding tert-OH is 1. The van der Waals surface area contributed by atoms with Crippen molar-refractivity contribution in [2.45, 2.75) is 13.0 Å². The second-order valence-electron chi connectivity index (χ2n) is 8.58. The van der Waals surface area contributed by atoms with E-state index in [0.717, 1.165) is 63.1 Å². The number of thiocarbonyl (C=S) groups is 1. The predicted octanol–water partition coefficient (Wildman–Crippen LogP) is 4.00. The summed E-state index contributed by atoms with van der Waals surface area (Å²) < 4.78 is 6.98. The van der Waals surface area contributed by atoms with Crippen molar-refractivity contribution < 1.29 is 9.84 Å².